The lowest BCUT2D eigenvalue weighted by Gasteiger charge is -2.09. The van der Waals surface area contributed by atoms with Gasteiger partial charge in [-0.1, -0.05) is 24.8 Å². The van der Waals surface area contributed by atoms with E-state index in [0.29, 0.717) is 10.8 Å². The third kappa shape index (κ3) is 2.45. The van der Waals surface area contributed by atoms with Gasteiger partial charge in [0.25, 0.3) is 0 Å². The fourth-order valence-electron chi connectivity index (χ4n) is 1.53. The van der Waals surface area contributed by atoms with E-state index in [1.165, 1.54) is 6.20 Å². The van der Waals surface area contributed by atoms with E-state index in [1.54, 1.807) is 0 Å². The van der Waals surface area contributed by atoms with E-state index in [9.17, 15) is 5.11 Å². The Kier molecular flexibility index (Phi) is 3.52. The molecule has 0 saturated carbocycles. The van der Waals surface area contributed by atoms with Crippen LogP contribution in [0.15, 0.2) is 42.8 Å². The Hall–Kier alpha value is -2.43. The maximum atomic E-state index is 9.77. The molecule has 1 aromatic carbocycles. The van der Waals surface area contributed by atoms with E-state index >= 15 is 0 Å². The molecular formula is C12H12N4OS. The van der Waals surface area contributed by atoms with Crippen LogP contribution in [-0.4, -0.2) is 15.2 Å². The number of nitrogens with one attached hydrogen (secondary N) is 4. The normalized spacial score (nSPS) is 9.56. The average molecular weight is 260 g/mol. The van der Waals surface area contributed by atoms with Gasteiger partial charge in [0.15, 0.2) is 5.11 Å². The number of fused-ring (bicyclic) bond motifs is 1. The molecule has 0 bridgehead atoms. The highest BCUT2D eigenvalue weighted by Crippen LogP contribution is 2.31. The van der Waals surface area contributed by atoms with E-state index in [2.05, 4.69) is 33.5 Å². The van der Waals surface area contributed by atoms with Gasteiger partial charge in [-0.05, 0) is 18.3 Å². The van der Waals surface area contributed by atoms with E-state index in [1.807, 2.05) is 24.3 Å². The molecule has 0 saturated heterocycles. The molecule has 0 fully saturated rings. The SMILES string of the molecule is C=C=CNC(=S)NNc1c(O)[nH]c2ccccc12. The van der Waals surface area contributed by atoms with Gasteiger partial charge in [0.05, 0.1) is 5.52 Å². The lowest BCUT2D eigenvalue weighted by atomic mass is 10.2. The monoisotopic (exact) mass is 260 g/mol. The van der Waals surface area contributed by atoms with Gasteiger partial charge < -0.3 is 15.4 Å². The highest BCUT2D eigenvalue weighted by atomic mass is 32.1. The summed E-state index contributed by atoms with van der Waals surface area (Å²) >= 11 is 4.98. The highest BCUT2D eigenvalue weighted by molar-refractivity contribution is 7.80. The van der Waals surface area contributed by atoms with Crippen molar-refractivity contribution in [3.63, 3.8) is 0 Å². The quantitative estimate of drug-likeness (QED) is 0.331. The summed E-state index contributed by atoms with van der Waals surface area (Å²) in [5, 5.41) is 13.7. The fourth-order valence-corrected chi connectivity index (χ4v) is 1.64. The lowest BCUT2D eigenvalue weighted by Crippen LogP contribution is -2.35. The zero-order valence-electron chi connectivity index (χ0n) is 9.45. The number of aromatic nitrogens is 1. The number of rotatable bonds is 3. The van der Waals surface area contributed by atoms with Crippen LogP contribution < -0.4 is 16.2 Å². The van der Waals surface area contributed by atoms with Crippen molar-refractivity contribution < 1.29 is 5.11 Å². The van der Waals surface area contributed by atoms with E-state index in [-0.39, 0.29) is 5.88 Å². The van der Waals surface area contributed by atoms with Gasteiger partial charge in [-0.25, -0.2) is 0 Å². The topological polar surface area (TPSA) is 72.1 Å². The second-order valence-electron chi connectivity index (χ2n) is 3.47. The lowest BCUT2D eigenvalue weighted by molar-refractivity contribution is 0.460. The summed E-state index contributed by atoms with van der Waals surface area (Å²) in [6.45, 7) is 3.40. The number of H-pyrrole nitrogens is 1. The van der Waals surface area contributed by atoms with E-state index in [4.69, 9.17) is 12.2 Å². The number of anilines is 1. The minimum Gasteiger partial charge on any atom is -0.493 e. The van der Waals surface area contributed by atoms with Crippen LogP contribution in [0, 0.1) is 0 Å². The predicted molar refractivity (Wildman–Crippen MR) is 76.2 cm³/mol. The second kappa shape index (κ2) is 5.27. The Bertz CT molecular complexity index is 628. The molecule has 18 heavy (non-hydrogen) atoms. The first-order valence-electron chi connectivity index (χ1n) is 5.19. The summed E-state index contributed by atoms with van der Waals surface area (Å²) in [6, 6.07) is 7.53. The minimum atomic E-state index is 0.0470. The van der Waals surface area contributed by atoms with Crippen molar-refractivity contribution in [1.29, 1.82) is 0 Å². The zero-order valence-corrected chi connectivity index (χ0v) is 10.3. The van der Waals surface area contributed by atoms with Crippen molar-refractivity contribution in [3.8, 4) is 5.88 Å². The molecule has 5 nitrogen and oxygen atoms in total. The first-order chi connectivity index (χ1) is 8.72. The molecule has 0 aliphatic carbocycles. The van der Waals surface area contributed by atoms with E-state index in [0.717, 1.165) is 10.9 Å². The van der Waals surface area contributed by atoms with Crippen molar-refractivity contribution in [2.45, 2.75) is 0 Å². The molecular weight excluding hydrogens is 248 g/mol. The zero-order chi connectivity index (χ0) is 13.0. The fraction of sp³-hybridized carbons (Fsp3) is 0. The number of hydrazine groups is 1. The smallest absolute Gasteiger partial charge is 0.215 e. The van der Waals surface area contributed by atoms with Crippen LogP contribution in [0.4, 0.5) is 5.69 Å². The molecule has 92 valence electrons. The molecule has 2 rings (SSSR count). The van der Waals surface area contributed by atoms with Crippen molar-refractivity contribution in [1.82, 2.24) is 15.7 Å². The third-order valence-electron chi connectivity index (χ3n) is 2.29. The number of hydrogen-bond acceptors (Lipinski definition) is 3. The maximum absolute atomic E-state index is 9.77. The van der Waals surface area contributed by atoms with Crippen molar-refractivity contribution in [2.24, 2.45) is 0 Å². The molecule has 0 radical (unpaired) electrons. The molecule has 0 aliphatic heterocycles. The Labute approximate surface area is 109 Å². The van der Waals surface area contributed by atoms with Gasteiger partial charge in [-0.15, -0.1) is 5.73 Å². The largest absolute Gasteiger partial charge is 0.493 e. The van der Waals surface area contributed by atoms with Crippen LogP contribution in [0.5, 0.6) is 5.88 Å². The van der Waals surface area contributed by atoms with Gasteiger partial charge in [-0.2, -0.15) is 0 Å². The number of benzene rings is 1. The van der Waals surface area contributed by atoms with Crippen LogP contribution in [0.1, 0.15) is 0 Å². The summed E-state index contributed by atoms with van der Waals surface area (Å²) in [4.78, 5) is 2.85. The highest BCUT2D eigenvalue weighted by Gasteiger charge is 2.09. The van der Waals surface area contributed by atoms with Crippen molar-refractivity contribution >= 4 is 33.9 Å². The summed E-state index contributed by atoms with van der Waals surface area (Å²) in [7, 11) is 0. The predicted octanol–water partition coefficient (Wildman–Crippen LogP) is 1.96. The van der Waals surface area contributed by atoms with Crippen LogP contribution in [-0.2, 0) is 0 Å². The van der Waals surface area contributed by atoms with E-state index < -0.39 is 0 Å². The minimum absolute atomic E-state index is 0.0470. The van der Waals surface area contributed by atoms with Gasteiger partial charge >= 0.3 is 0 Å². The molecule has 0 amide bonds. The molecule has 0 aliphatic rings. The van der Waals surface area contributed by atoms with Crippen molar-refractivity contribution in [2.75, 3.05) is 5.43 Å². The standard InChI is InChI=1S/C12H12N4OS/c1-2-7-13-12(18)16-15-10-8-5-3-4-6-9(8)14-11(10)17/h3-7,14-15,17H,1H2,(H2,13,16,18). The van der Waals surface area contributed by atoms with Crippen LogP contribution >= 0.6 is 12.2 Å². The number of aromatic amines is 1. The Balaban J connectivity index is 2.14. The first-order valence-corrected chi connectivity index (χ1v) is 5.59. The average Bonchev–Trinajstić information content (AvgIpc) is 2.69. The summed E-state index contributed by atoms with van der Waals surface area (Å²) in [5.74, 6) is 0.0470. The molecule has 1 aromatic heterocycles. The Morgan fingerprint density at radius 1 is 1.44 bits per heavy atom. The van der Waals surface area contributed by atoms with Gasteiger partial charge in [0.1, 0.15) is 5.69 Å². The Morgan fingerprint density at radius 3 is 3.00 bits per heavy atom. The first kappa shape index (κ1) is 12.0. The maximum Gasteiger partial charge on any atom is 0.215 e. The third-order valence-corrected chi connectivity index (χ3v) is 2.51. The Morgan fingerprint density at radius 2 is 2.22 bits per heavy atom. The molecule has 0 spiro atoms. The van der Waals surface area contributed by atoms with Crippen LogP contribution in [0.2, 0.25) is 0 Å². The molecule has 2 aromatic rings. The number of thiocarbonyl (C=S) groups is 1. The van der Waals surface area contributed by atoms with Crippen LogP contribution in [0.25, 0.3) is 10.9 Å². The van der Waals surface area contributed by atoms with Gasteiger partial charge in [0.2, 0.25) is 5.88 Å². The van der Waals surface area contributed by atoms with Crippen molar-refractivity contribution in [3.05, 3.63) is 42.8 Å². The molecule has 0 unspecified atom stereocenters. The number of hydrogen-bond donors (Lipinski definition) is 5. The van der Waals surface area contributed by atoms with Gasteiger partial charge in [0, 0.05) is 11.6 Å². The number of aromatic hydroxyl groups is 1. The summed E-state index contributed by atoms with van der Waals surface area (Å²) < 4.78 is 0. The summed E-state index contributed by atoms with van der Waals surface area (Å²) in [6.07, 6.45) is 1.48. The summed E-state index contributed by atoms with van der Waals surface area (Å²) in [5.41, 5.74) is 9.50. The molecule has 6 heteroatoms. The molecule has 5 N–H and O–H groups in total. The van der Waals surface area contributed by atoms with Crippen LogP contribution in [0.3, 0.4) is 0 Å². The van der Waals surface area contributed by atoms with Gasteiger partial charge in [-0.3, -0.25) is 10.9 Å². The molecule has 1 heterocycles. The second-order valence-corrected chi connectivity index (χ2v) is 3.87. The molecule has 0 atom stereocenters. The number of para-hydroxylation sites is 1.